The van der Waals surface area contributed by atoms with E-state index in [1.165, 1.54) is 0 Å². The van der Waals surface area contributed by atoms with Gasteiger partial charge in [0.05, 0.1) is 13.2 Å². The van der Waals surface area contributed by atoms with Gasteiger partial charge in [-0.25, -0.2) is 9.97 Å². The Morgan fingerprint density at radius 3 is 2.84 bits per heavy atom. The van der Waals surface area contributed by atoms with Crippen molar-refractivity contribution in [3.8, 4) is 0 Å². The van der Waals surface area contributed by atoms with Crippen LogP contribution in [0.2, 0.25) is 5.15 Å². The number of rotatable bonds is 9. The average Bonchev–Trinajstić information content (AvgIpc) is 2.39. The lowest BCUT2D eigenvalue weighted by Crippen LogP contribution is -2.13. The summed E-state index contributed by atoms with van der Waals surface area (Å²) in [6.45, 7) is 9.70. The van der Waals surface area contributed by atoms with E-state index in [2.05, 4.69) is 28.8 Å². The van der Waals surface area contributed by atoms with Gasteiger partial charge in [0.2, 0.25) is 0 Å². The molecule has 5 heteroatoms. The molecule has 0 spiro atoms. The van der Waals surface area contributed by atoms with Gasteiger partial charge in [0, 0.05) is 18.5 Å². The molecule has 19 heavy (non-hydrogen) atoms. The molecule has 4 nitrogen and oxygen atoms in total. The summed E-state index contributed by atoms with van der Waals surface area (Å²) >= 11 is 6.10. The van der Waals surface area contributed by atoms with Crippen LogP contribution < -0.4 is 5.32 Å². The summed E-state index contributed by atoms with van der Waals surface area (Å²) in [6.07, 6.45) is 4.56. The molecule has 1 aromatic rings. The second-order valence-electron chi connectivity index (χ2n) is 4.27. The van der Waals surface area contributed by atoms with Gasteiger partial charge in [-0.2, -0.15) is 0 Å². The van der Waals surface area contributed by atoms with E-state index >= 15 is 0 Å². The fourth-order valence-corrected chi connectivity index (χ4v) is 1.74. The summed E-state index contributed by atoms with van der Waals surface area (Å²) in [7, 11) is 0. The molecular formula is C14H22ClN3O. The van der Waals surface area contributed by atoms with Crippen LogP contribution in [-0.2, 0) is 11.2 Å². The molecule has 0 atom stereocenters. The molecule has 1 N–H and O–H groups in total. The normalized spacial score (nSPS) is 10.5. The zero-order valence-electron chi connectivity index (χ0n) is 11.7. The fraction of sp³-hybridized carbons (Fsp3) is 0.571. The predicted molar refractivity (Wildman–Crippen MR) is 79.9 cm³/mol. The van der Waals surface area contributed by atoms with Crippen molar-refractivity contribution in [2.45, 2.75) is 33.1 Å². The van der Waals surface area contributed by atoms with Crippen LogP contribution in [0.15, 0.2) is 12.7 Å². The van der Waals surface area contributed by atoms with Crippen LogP contribution in [0.25, 0.3) is 0 Å². The second-order valence-corrected chi connectivity index (χ2v) is 4.63. The van der Waals surface area contributed by atoms with E-state index < -0.39 is 0 Å². The Kier molecular flexibility index (Phi) is 7.45. The summed E-state index contributed by atoms with van der Waals surface area (Å²) in [5.74, 6) is 1.59. The molecule has 0 bridgehead atoms. The highest BCUT2D eigenvalue weighted by molar-refractivity contribution is 6.30. The van der Waals surface area contributed by atoms with Crippen LogP contribution in [0.5, 0.6) is 0 Å². The first-order valence-corrected chi connectivity index (χ1v) is 7.02. The standard InChI is InChI=1S/C14H22ClN3O/c1-4-6-9-19-10-8-16-14-11(3)13(15)17-12(18-14)7-5-2/h4H,1,5-10H2,2-3H3,(H,16,17,18). The molecule has 0 unspecified atom stereocenters. The van der Waals surface area contributed by atoms with Crippen LogP contribution in [-0.4, -0.2) is 29.7 Å². The quantitative estimate of drug-likeness (QED) is 0.429. The number of anilines is 1. The Morgan fingerprint density at radius 2 is 2.16 bits per heavy atom. The van der Waals surface area contributed by atoms with E-state index in [1.54, 1.807) is 0 Å². The third-order valence-corrected chi connectivity index (χ3v) is 2.98. The number of nitrogens with zero attached hydrogens (tertiary/aromatic N) is 2. The van der Waals surface area contributed by atoms with Gasteiger partial charge in [-0.05, 0) is 19.8 Å². The topological polar surface area (TPSA) is 47.0 Å². The highest BCUT2D eigenvalue weighted by atomic mass is 35.5. The van der Waals surface area contributed by atoms with Crippen molar-refractivity contribution in [1.29, 1.82) is 0 Å². The number of hydrogen-bond donors (Lipinski definition) is 1. The number of aromatic nitrogens is 2. The van der Waals surface area contributed by atoms with Gasteiger partial charge in [-0.3, -0.25) is 0 Å². The second kappa shape index (κ2) is 8.88. The number of ether oxygens (including phenoxy) is 1. The van der Waals surface area contributed by atoms with Crippen molar-refractivity contribution in [2.24, 2.45) is 0 Å². The summed E-state index contributed by atoms with van der Waals surface area (Å²) in [6, 6.07) is 0. The molecule has 0 amide bonds. The Morgan fingerprint density at radius 1 is 1.37 bits per heavy atom. The maximum Gasteiger partial charge on any atom is 0.137 e. The molecule has 1 heterocycles. The minimum Gasteiger partial charge on any atom is -0.379 e. The third kappa shape index (κ3) is 5.57. The van der Waals surface area contributed by atoms with E-state index in [1.807, 2.05) is 13.0 Å². The number of halogens is 1. The molecule has 1 rings (SSSR count). The Balaban J connectivity index is 2.49. The number of nitrogens with one attached hydrogen (secondary N) is 1. The van der Waals surface area contributed by atoms with Crippen molar-refractivity contribution in [2.75, 3.05) is 25.1 Å². The van der Waals surface area contributed by atoms with E-state index in [4.69, 9.17) is 16.3 Å². The molecule has 0 saturated heterocycles. The lowest BCUT2D eigenvalue weighted by Gasteiger charge is -2.11. The van der Waals surface area contributed by atoms with Crippen molar-refractivity contribution in [3.05, 3.63) is 29.2 Å². The summed E-state index contributed by atoms with van der Waals surface area (Å²) in [5.41, 5.74) is 0.882. The van der Waals surface area contributed by atoms with Gasteiger partial charge in [0.25, 0.3) is 0 Å². The molecule has 0 aliphatic rings. The molecule has 106 valence electrons. The molecule has 0 radical (unpaired) electrons. The lowest BCUT2D eigenvalue weighted by atomic mass is 10.3. The Hall–Kier alpha value is -1.13. The monoisotopic (exact) mass is 283 g/mol. The first-order chi connectivity index (χ1) is 9.19. The lowest BCUT2D eigenvalue weighted by molar-refractivity contribution is 0.149. The molecule has 0 aliphatic heterocycles. The van der Waals surface area contributed by atoms with Crippen LogP contribution in [0, 0.1) is 6.92 Å². The third-order valence-electron chi connectivity index (χ3n) is 2.61. The summed E-state index contributed by atoms with van der Waals surface area (Å²) in [5, 5.41) is 3.76. The molecular weight excluding hydrogens is 262 g/mol. The fourth-order valence-electron chi connectivity index (χ4n) is 1.55. The van der Waals surface area contributed by atoms with E-state index in [0.29, 0.717) is 24.9 Å². The van der Waals surface area contributed by atoms with E-state index in [9.17, 15) is 0 Å². The van der Waals surface area contributed by atoms with Crippen molar-refractivity contribution in [3.63, 3.8) is 0 Å². The van der Waals surface area contributed by atoms with Gasteiger partial charge < -0.3 is 10.1 Å². The molecule has 1 aromatic heterocycles. The maximum absolute atomic E-state index is 6.10. The van der Waals surface area contributed by atoms with Gasteiger partial charge in [0.1, 0.15) is 16.8 Å². The van der Waals surface area contributed by atoms with Gasteiger partial charge in [-0.1, -0.05) is 24.6 Å². The highest BCUT2D eigenvalue weighted by Gasteiger charge is 2.08. The van der Waals surface area contributed by atoms with Crippen LogP contribution in [0.3, 0.4) is 0 Å². The summed E-state index contributed by atoms with van der Waals surface area (Å²) in [4.78, 5) is 8.74. The summed E-state index contributed by atoms with van der Waals surface area (Å²) < 4.78 is 5.43. The average molecular weight is 284 g/mol. The zero-order valence-corrected chi connectivity index (χ0v) is 12.5. The van der Waals surface area contributed by atoms with Gasteiger partial charge >= 0.3 is 0 Å². The van der Waals surface area contributed by atoms with E-state index in [0.717, 1.165) is 36.5 Å². The van der Waals surface area contributed by atoms with Crippen molar-refractivity contribution in [1.82, 2.24) is 9.97 Å². The largest absolute Gasteiger partial charge is 0.379 e. The Bertz CT molecular complexity index is 410. The molecule has 0 aliphatic carbocycles. The van der Waals surface area contributed by atoms with Crippen LogP contribution >= 0.6 is 11.6 Å². The SMILES string of the molecule is C=CCCOCCNc1nc(CCC)nc(Cl)c1C. The number of aryl methyl sites for hydroxylation is 1. The predicted octanol–water partition coefficient (Wildman–Crippen LogP) is 3.40. The van der Waals surface area contributed by atoms with Crippen molar-refractivity contribution >= 4 is 17.4 Å². The minimum atomic E-state index is 0.522. The smallest absolute Gasteiger partial charge is 0.137 e. The first kappa shape index (κ1) is 15.9. The van der Waals surface area contributed by atoms with E-state index in [-0.39, 0.29) is 0 Å². The number of hydrogen-bond acceptors (Lipinski definition) is 4. The van der Waals surface area contributed by atoms with Crippen LogP contribution in [0.4, 0.5) is 5.82 Å². The molecule has 0 fully saturated rings. The zero-order chi connectivity index (χ0) is 14.1. The minimum absolute atomic E-state index is 0.522. The Labute approximate surface area is 120 Å². The van der Waals surface area contributed by atoms with Crippen LogP contribution in [0.1, 0.15) is 31.2 Å². The van der Waals surface area contributed by atoms with Crippen molar-refractivity contribution < 1.29 is 4.74 Å². The molecule has 0 saturated carbocycles. The maximum atomic E-state index is 6.10. The first-order valence-electron chi connectivity index (χ1n) is 6.64. The molecule has 0 aromatic carbocycles. The van der Waals surface area contributed by atoms with Gasteiger partial charge in [-0.15, -0.1) is 6.58 Å². The van der Waals surface area contributed by atoms with Gasteiger partial charge in [0.15, 0.2) is 0 Å². The highest BCUT2D eigenvalue weighted by Crippen LogP contribution is 2.20.